The highest BCUT2D eigenvalue weighted by Crippen LogP contribution is 2.16. The van der Waals surface area contributed by atoms with Crippen molar-refractivity contribution >= 4 is 23.2 Å². The zero-order chi connectivity index (χ0) is 20.5. The first kappa shape index (κ1) is 22.0. The van der Waals surface area contributed by atoms with Gasteiger partial charge in [0.05, 0.1) is 0 Å². The van der Waals surface area contributed by atoms with E-state index in [0.717, 1.165) is 36.5 Å². The summed E-state index contributed by atoms with van der Waals surface area (Å²) in [6, 6.07) is 12.5. The third-order valence-electron chi connectivity index (χ3n) is 4.28. The van der Waals surface area contributed by atoms with Crippen LogP contribution in [0.2, 0.25) is 0 Å². The number of aliphatic imine (C=N–C) groups is 1. The van der Waals surface area contributed by atoms with Crippen LogP contribution in [0.4, 0.5) is 0 Å². The fourth-order valence-electron chi connectivity index (χ4n) is 2.92. The molecule has 1 unspecified atom stereocenters. The normalized spacial score (nSPS) is 12.5. The summed E-state index contributed by atoms with van der Waals surface area (Å²) in [4.78, 5) is 21.2. The number of rotatable bonds is 8. The van der Waals surface area contributed by atoms with Crippen LogP contribution in [0.15, 0.2) is 41.4 Å². The number of hydrogen-bond acceptors (Lipinski definition) is 3. The predicted molar refractivity (Wildman–Crippen MR) is 119 cm³/mol. The number of carbonyl (C=O) groups excluding carboxylic acids is 1. The Morgan fingerprint density at radius 3 is 2.68 bits per heavy atom. The summed E-state index contributed by atoms with van der Waals surface area (Å²) < 4.78 is 0. The molecule has 0 saturated carbocycles. The summed E-state index contributed by atoms with van der Waals surface area (Å²) >= 11 is 1.85. The Balaban J connectivity index is 1.93. The first-order valence-electron chi connectivity index (χ1n) is 9.79. The third kappa shape index (κ3) is 7.00. The van der Waals surface area contributed by atoms with Gasteiger partial charge >= 0.3 is 0 Å². The van der Waals surface area contributed by atoms with Gasteiger partial charge in [-0.15, -0.1) is 11.3 Å². The minimum absolute atomic E-state index is 0.0259. The van der Waals surface area contributed by atoms with E-state index in [4.69, 9.17) is 4.99 Å². The van der Waals surface area contributed by atoms with Gasteiger partial charge in [0.15, 0.2) is 5.96 Å². The number of hydrogen-bond donors (Lipinski definition) is 2. The molecule has 1 aromatic heterocycles. The Kier molecular flexibility index (Phi) is 8.51. The molecule has 0 saturated heterocycles. The Hall–Kier alpha value is -2.34. The topological polar surface area (TPSA) is 56.7 Å². The van der Waals surface area contributed by atoms with Gasteiger partial charge in [-0.05, 0) is 57.0 Å². The van der Waals surface area contributed by atoms with Crippen LogP contribution in [-0.4, -0.2) is 50.0 Å². The number of aryl methyl sites for hydroxylation is 1. The molecular weight excluding hydrogens is 368 g/mol. The Morgan fingerprint density at radius 1 is 1.25 bits per heavy atom. The molecule has 1 atom stereocenters. The van der Waals surface area contributed by atoms with E-state index in [1.807, 2.05) is 35.6 Å². The van der Waals surface area contributed by atoms with Gasteiger partial charge in [0.2, 0.25) is 0 Å². The first-order valence-corrected chi connectivity index (χ1v) is 10.6. The monoisotopic (exact) mass is 400 g/mol. The molecular formula is C22H32N4OS. The molecule has 5 nitrogen and oxygen atoms in total. The summed E-state index contributed by atoms with van der Waals surface area (Å²) in [7, 11) is 3.54. The zero-order valence-electron chi connectivity index (χ0n) is 17.6. The summed E-state index contributed by atoms with van der Waals surface area (Å²) in [6.45, 7) is 7.88. The van der Waals surface area contributed by atoms with Crippen LogP contribution in [0, 0.1) is 6.92 Å². The molecule has 28 heavy (non-hydrogen) atoms. The van der Waals surface area contributed by atoms with Crippen LogP contribution in [0.25, 0.3) is 0 Å². The summed E-state index contributed by atoms with van der Waals surface area (Å²) in [6.07, 6.45) is 1.78. The summed E-state index contributed by atoms with van der Waals surface area (Å²) in [5, 5.41) is 6.81. The molecule has 152 valence electrons. The molecule has 2 rings (SSSR count). The van der Waals surface area contributed by atoms with Crippen molar-refractivity contribution in [3.63, 3.8) is 0 Å². The molecule has 0 aliphatic carbocycles. The number of benzene rings is 1. The van der Waals surface area contributed by atoms with Crippen molar-refractivity contribution < 1.29 is 4.79 Å². The Labute approximate surface area is 172 Å². The first-order chi connectivity index (χ1) is 13.4. The lowest BCUT2D eigenvalue weighted by Gasteiger charge is -2.17. The number of nitrogens with one attached hydrogen (secondary N) is 2. The highest BCUT2D eigenvalue weighted by atomic mass is 32.1. The van der Waals surface area contributed by atoms with Gasteiger partial charge in [0, 0.05) is 55.0 Å². The molecule has 0 radical (unpaired) electrons. The number of nitrogens with zero attached hydrogens (tertiary/aromatic N) is 2. The minimum atomic E-state index is 0.0259. The van der Waals surface area contributed by atoms with Crippen molar-refractivity contribution in [1.29, 1.82) is 0 Å². The molecule has 1 aromatic carbocycles. The molecule has 0 aliphatic heterocycles. The van der Waals surface area contributed by atoms with Crippen molar-refractivity contribution in [3.8, 4) is 0 Å². The van der Waals surface area contributed by atoms with E-state index in [2.05, 4.69) is 43.5 Å². The molecule has 2 aromatic rings. The lowest BCUT2D eigenvalue weighted by Crippen LogP contribution is -2.43. The van der Waals surface area contributed by atoms with Crippen molar-refractivity contribution in [2.24, 2.45) is 4.99 Å². The molecule has 0 spiro atoms. The van der Waals surface area contributed by atoms with E-state index >= 15 is 0 Å². The van der Waals surface area contributed by atoms with Crippen LogP contribution in [0.5, 0.6) is 0 Å². The van der Waals surface area contributed by atoms with E-state index < -0.39 is 0 Å². The molecule has 1 amide bonds. The van der Waals surface area contributed by atoms with E-state index in [1.165, 1.54) is 9.75 Å². The number of amides is 1. The Morgan fingerprint density at radius 2 is 2.04 bits per heavy atom. The van der Waals surface area contributed by atoms with Crippen LogP contribution in [0.1, 0.15) is 39.5 Å². The lowest BCUT2D eigenvalue weighted by molar-refractivity contribution is 0.0827. The maximum absolute atomic E-state index is 12.1. The van der Waals surface area contributed by atoms with Crippen molar-refractivity contribution in [1.82, 2.24) is 15.5 Å². The van der Waals surface area contributed by atoms with Gasteiger partial charge in [-0.1, -0.05) is 12.1 Å². The molecule has 6 heteroatoms. The van der Waals surface area contributed by atoms with Crippen LogP contribution < -0.4 is 10.6 Å². The third-order valence-corrected chi connectivity index (χ3v) is 5.30. The molecule has 0 bridgehead atoms. The second kappa shape index (κ2) is 10.9. The van der Waals surface area contributed by atoms with E-state index in [1.54, 1.807) is 19.0 Å². The molecule has 0 fully saturated rings. The molecule has 1 heterocycles. The van der Waals surface area contributed by atoms with E-state index in [9.17, 15) is 4.79 Å². The Bertz CT molecular complexity index is 797. The number of carbonyl (C=O) groups is 1. The lowest BCUT2D eigenvalue weighted by atomic mass is 10.1. The quantitative estimate of drug-likeness (QED) is 0.527. The number of thiophene rings is 1. The highest BCUT2D eigenvalue weighted by molar-refractivity contribution is 7.11. The van der Waals surface area contributed by atoms with E-state index in [0.29, 0.717) is 12.6 Å². The van der Waals surface area contributed by atoms with Gasteiger partial charge in [0.25, 0.3) is 5.91 Å². The maximum Gasteiger partial charge on any atom is 0.253 e. The van der Waals surface area contributed by atoms with Crippen molar-refractivity contribution in [2.75, 3.05) is 27.2 Å². The van der Waals surface area contributed by atoms with E-state index in [-0.39, 0.29) is 5.91 Å². The minimum Gasteiger partial charge on any atom is -0.357 e. The second-order valence-electron chi connectivity index (χ2n) is 7.17. The summed E-state index contributed by atoms with van der Waals surface area (Å²) in [5.74, 6) is 0.863. The van der Waals surface area contributed by atoms with Gasteiger partial charge in [-0.25, -0.2) is 0 Å². The average molecular weight is 401 g/mol. The van der Waals surface area contributed by atoms with Gasteiger partial charge in [-0.3, -0.25) is 9.79 Å². The van der Waals surface area contributed by atoms with Gasteiger partial charge in [0.1, 0.15) is 0 Å². The van der Waals surface area contributed by atoms with Crippen molar-refractivity contribution in [2.45, 2.75) is 39.7 Å². The van der Waals surface area contributed by atoms with Crippen LogP contribution in [0.3, 0.4) is 0 Å². The zero-order valence-corrected chi connectivity index (χ0v) is 18.4. The fraction of sp³-hybridized carbons (Fsp3) is 0.455. The second-order valence-corrected chi connectivity index (χ2v) is 8.54. The van der Waals surface area contributed by atoms with Crippen LogP contribution in [-0.2, 0) is 12.8 Å². The predicted octanol–water partition coefficient (Wildman–Crippen LogP) is 3.49. The highest BCUT2D eigenvalue weighted by Gasteiger charge is 2.09. The van der Waals surface area contributed by atoms with Gasteiger partial charge < -0.3 is 15.5 Å². The largest absolute Gasteiger partial charge is 0.357 e. The smallest absolute Gasteiger partial charge is 0.253 e. The fourth-order valence-corrected chi connectivity index (χ4v) is 3.93. The SMILES string of the molecule is CCNC(=NCCc1cccc(C(=O)N(C)C)c1)NC(C)Cc1ccc(C)s1. The molecule has 2 N–H and O–H groups in total. The standard InChI is InChI=1S/C22H32N4OS/c1-6-23-22(25-16(2)14-20-11-10-17(3)28-20)24-13-12-18-8-7-9-19(15-18)21(27)26(4)5/h7-11,15-16H,6,12-14H2,1-5H3,(H2,23,24,25). The summed E-state index contributed by atoms with van der Waals surface area (Å²) in [5.41, 5.74) is 1.84. The van der Waals surface area contributed by atoms with Gasteiger partial charge in [-0.2, -0.15) is 0 Å². The molecule has 0 aliphatic rings. The average Bonchev–Trinajstić information content (AvgIpc) is 3.05. The maximum atomic E-state index is 12.1. The van der Waals surface area contributed by atoms with Crippen molar-refractivity contribution in [3.05, 3.63) is 57.3 Å². The number of guanidine groups is 1. The van der Waals surface area contributed by atoms with Crippen LogP contribution >= 0.6 is 11.3 Å².